The summed E-state index contributed by atoms with van der Waals surface area (Å²) < 4.78 is 30.8. The molecule has 0 radical (unpaired) electrons. The van der Waals surface area contributed by atoms with E-state index in [-0.39, 0.29) is 24.9 Å². The molecule has 3 heterocycles. The van der Waals surface area contributed by atoms with E-state index in [2.05, 4.69) is 36.5 Å². The summed E-state index contributed by atoms with van der Waals surface area (Å²) in [5.41, 5.74) is 2.15. The molecule has 1 N–H and O–H groups in total. The van der Waals surface area contributed by atoms with Gasteiger partial charge in [-0.05, 0) is 59.3 Å². The molecular weight excluding hydrogens is 617 g/mol. The third-order valence-corrected chi connectivity index (χ3v) is 7.53. The zero-order valence-electron chi connectivity index (χ0n) is 21.8. The maximum Gasteiger partial charge on any atom is 0.277 e. The second-order valence-electron chi connectivity index (χ2n) is 8.80. The first-order chi connectivity index (χ1) is 19.8. The van der Waals surface area contributed by atoms with Crippen LogP contribution in [0.4, 0.5) is 4.39 Å². The van der Waals surface area contributed by atoms with Crippen molar-refractivity contribution in [3.8, 4) is 11.5 Å². The van der Waals surface area contributed by atoms with E-state index in [4.69, 9.17) is 14.0 Å². The number of hydrogen-bond donors (Lipinski definition) is 1. The molecule has 13 heteroatoms. The molecule has 2 amide bonds. The average molecular weight is 640 g/mol. The molecular formula is C28H23BrFN5O5S. The van der Waals surface area contributed by atoms with Crippen molar-refractivity contribution in [1.29, 1.82) is 0 Å². The molecule has 0 saturated carbocycles. The summed E-state index contributed by atoms with van der Waals surface area (Å²) in [4.78, 5) is 30.2. The topological polar surface area (TPSA) is 119 Å². The van der Waals surface area contributed by atoms with Crippen LogP contribution in [0.2, 0.25) is 0 Å². The highest BCUT2D eigenvalue weighted by atomic mass is 79.9. The Bertz CT molecular complexity index is 1610. The number of methoxy groups -OCH3 is 1. The average Bonchev–Trinajstić information content (AvgIpc) is 3.61. The minimum atomic E-state index is -0.663. The highest BCUT2D eigenvalue weighted by molar-refractivity contribution is 9.10. The van der Waals surface area contributed by atoms with Crippen LogP contribution < -0.4 is 14.8 Å². The summed E-state index contributed by atoms with van der Waals surface area (Å²) in [6.07, 6.45) is 3.03. The van der Waals surface area contributed by atoms with Crippen LogP contribution in [0.5, 0.6) is 11.5 Å². The largest absolute Gasteiger partial charge is 0.492 e. The lowest BCUT2D eigenvalue weighted by atomic mass is 10.1. The Labute approximate surface area is 247 Å². The fourth-order valence-corrected chi connectivity index (χ4v) is 5.54. The number of pyridine rings is 1. The molecule has 0 saturated heterocycles. The van der Waals surface area contributed by atoms with Crippen molar-refractivity contribution in [3.05, 3.63) is 105 Å². The predicted octanol–water partition coefficient (Wildman–Crippen LogP) is 5.23. The first kappa shape index (κ1) is 28.3. The molecule has 1 unspecified atom stereocenters. The number of carbonyl (C=O) groups excluding carboxylic acids is 2. The predicted molar refractivity (Wildman–Crippen MR) is 153 cm³/mol. The van der Waals surface area contributed by atoms with E-state index < -0.39 is 11.3 Å². The molecule has 2 aromatic heterocycles. The summed E-state index contributed by atoms with van der Waals surface area (Å²) in [6, 6.07) is 14.4. The van der Waals surface area contributed by atoms with Gasteiger partial charge in [0.1, 0.15) is 27.7 Å². The van der Waals surface area contributed by atoms with Crippen molar-refractivity contribution in [2.75, 3.05) is 13.7 Å². The molecule has 5 rings (SSSR count). The van der Waals surface area contributed by atoms with E-state index >= 15 is 0 Å². The summed E-state index contributed by atoms with van der Waals surface area (Å²) in [5.74, 6) is 0.148. The Morgan fingerprint density at radius 3 is 2.68 bits per heavy atom. The number of hydrogen-bond acceptors (Lipinski definition) is 9. The third-order valence-electron chi connectivity index (χ3n) is 5.88. The van der Waals surface area contributed by atoms with E-state index in [9.17, 15) is 14.0 Å². The van der Waals surface area contributed by atoms with Crippen molar-refractivity contribution >= 4 is 44.5 Å². The van der Waals surface area contributed by atoms with E-state index in [1.165, 1.54) is 42.2 Å². The molecule has 4 aromatic rings. The van der Waals surface area contributed by atoms with Crippen molar-refractivity contribution in [2.24, 2.45) is 5.10 Å². The fourth-order valence-electron chi connectivity index (χ4n) is 4.00. The maximum absolute atomic E-state index is 13.7. The number of benzene rings is 2. The van der Waals surface area contributed by atoms with E-state index in [0.717, 1.165) is 0 Å². The monoisotopic (exact) mass is 639 g/mol. The standard InChI is InChI=1S/C28H23BrFN5O5S/c1-16-10-21(34-40-16)14-32-24(36)15-39-23-5-3-4-22(25(23)38-2)28-35(27(37)18-11-19(29)13-31-12-18)33-26(41-28)17-6-8-20(30)9-7-17/h3-13,28H,14-15H2,1-2H3,(H,32,36). The van der Waals surface area contributed by atoms with Crippen molar-refractivity contribution < 1.29 is 28.0 Å². The van der Waals surface area contributed by atoms with E-state index in [1.807, 2.05) is 0 Å². The number of para-hydroxylation sites is 1. The van der Waals surface area contributed by atoms with Gasteiger partial charge in [0.25, 0.3) is 11.8 Å². The van der Waals surface area contributed by atoms with Gasteiger partial charge in [-0.2, -0.15) is 5.10 Å². The number of nitrogens with one attached hydrogen (secondary N) is 1. The summed E-state index contributed by atoms with van der Waals surface area (Å²) in [6.45, 7) is 1.68. The molecule has 0 aliphatic carbocycles. The van der Waals surface area contributed by atoms with Gasteiger partial charge in [-0.1, -0.05) is 29.1 Å². The van der Waals surface area contributed by atoms with Crippen LogP contribution in [-0.2, 0) is 11.3 Å². The Hall–Kier alpha value is -4.23. The molecule has 10 nitrogen and oxygen atoms in total. The Morgan fingerprint density at radius 2 is 1.98 bits per heavy atom. The van der Waals surface area contributed by atoms with Crippen LogP contribution in [0.15, 0.2) is 81.1 Å². The molecule has 41 heavy (non-hydrogen) atoms. The SMILES string of the molecule is COc1c(OCC(=O)NCc2cc(C)on2)cccc1C1SC(c2ccc(F)cc2)=NN1C(=O)c1cncc(Br)c1. The molecule has 210 valence electrons. The number of nitrogens with zero attached hydrogens (tertiary/aromatic N) is 4. The van der Waals surface area contributed by atoms with Crippen LogP contribution >= 0.6 is 27.7 Å². The number of amides is 2. The lowest BCUT2D eigenvalue weighted by molar-refractivity contribution is -0.123. The van der Waals surface area contributed by atoms with Crippen LogP contribution in [0.25, 0.3) is 0 Å². The van der Waals surface area contributed by atoms with E-state index in [0.29, 0.717) is 49.2 Å². The quantitative estimate of drug-likeness (QED) is 0.264. The number of halogens is 2. The number of rotatable bonds is 9. The van der Waals surface area contributed by atoms with Crippen LogP contribution in [0.1, 0.15) is 38.3 Å². The second kappa shape index (κ2) is 12.5. The lowest BCUT2D eigenvalue weighted by Gasteiger charge is -2.24. The minimum Gasteiger partial charge on any atom is -0.492 e. The van der Waals surface area contributed by atoms with Crippen molar-refractivity contribution in [1.82, 2.24) is 20.5 Å². The molecule has 2 aromatic carbocycles. The highest BCUT2D eigenvalue weighted by Crippen LogP contribution is 2.47. The Balaban J connectivity index is 1.40. The summed E-state index contributed by atoms with van der Waals surface area (Å²) in [5, 5.41) is 12.4. The third kappa shape index (κ3) is 6.57. The van der Waals surface area contributed by atoms with Gasteiger partial charge in [0.05, 0.1) is 19.2 Å². The van der Waals surface area contributed by atoms with Crippen LogP contribution in [0, 0.1) is 12.7 Å². The summed E-state index contributed by atoms with van der Waals surface area (Å²) in [7, 11) is 1.48. The van der Waals surface area contributed by atoms with E-state index in [1.54, 1.807) is 55.6 Å². The van der Waals surface area contributed by atoms with Gasteiger partial charge in [-0.25, -0.2) is 9.40 Å². The molecule has 1 aliphatic heterocycles. The number of ether oxygens (including phenoxy) is 2. The lowest BCUT2D eigenvalue weighted by Crippen LogP contribution is -2.29. The van der Waals surface area contributed by atoms with Crippen LogP contribution in [-0.4, -0.2) is 45.7 Å². The highest BCUT2D eigenvalue weighted by Gasteiger charge is 2.37. The van der Waals surface area contributed by atoms with Gasteiger partial charge in [-0.3, -0.25) is 14.6 Å². The number of carbonyl (C=O) groups is 2. The summed E-state index contributed by atoms with van der Waals surface area (Å²) >= 11 is 4.65. The zero-order chi connectivity index (χ0) is 28.9. The molecule has 0 spiro atoms. The molecule has 1 atom stereocenters. The molecule has 1 aliphatic rings. The van der Waals surface area contributed by atoms with Gasteiger partial charge < -0.3 is 19.3 Å². The van der Waals surface area contributed by atoms with Gasteiger partial charge in [0.2, 0.25) is 0 Å². The number of aromatic nitrogens is 2. The second-order valence-corrected chi connectivity index (χ2v) is 10.8. The van der Waals surface area contributed by atoms with Crippen molar-refractivity contribution in [3.63, 3.8) is 0 Å². The first-order valence-corrected chi connectivity index (χ1v) is 13.9. The Morgan fingerprint density at radius 1 is 1.17 bits per heavy atom. The number of hydrazone groups is 1. The van der Waals surface area contributed by atoms with Gasteiger partial charge >= 0.3 is 0 Å². The Kier molecular flexibility index (Phi) is 8.64. The fraction of sp³-hybridized carbons (Fsp3) is 0.179. The zero-order valence-corrected chi connectivity index (χ0v) is 24.2. The van der Waals surface area contributed by atoms with Gasteiger partial charge in [-0.15, -0.1) is 0 Å². The molecule has 0 fully saturated rings. The number of aryl methyl sites for hydroxylation is 1. The first-order valence-electron chi connectivity index (χ1n) is 12.3. The number of thioether (sulfide) groups is 1. The van der Waals surface area contributed by atoms with Crippen LogP contribution in [0.3, 0.4) is 0 Å². The molecule has 0 bridgehead atoms. The maximum atomic E-state index is 13.7. The normalized spacial score (nSPS) is 14.5. The smallest absolute Gasteiger partial charge is 0.277 e. The minimum absolute atomic E-state index is 0.195. The van der Waals surface area contributed by atoms with Gasteiger partial charge in [0.15, 0.2) is 18.1 Å². The van der Waals surface area contributed by atoms with Crippen molar-refractivity contribution in [2.45, 2.75) is 18.8 Å². The van der Waals surface area contributed by atoms with Gasteiger partial charge in [0, 0.05) is 34.1 Å².